The second kappa shape index (κ2) is 5.74. The lowest BCUT2D eigenvalue weighted by Crippen LogP contribution is -2.29. The Kier molecular flexibility index (Phi) is 4.24. The lowest BCUT2D eigenvalue weighted by molar-refractivity contribution is 0.579. The number of piperidine rings is 1. The van der Waals surface area contributed by atoms with Crippen LogP contribution in [-0.2, 0) is 0 Å². The molecule has 18 heavy (non-hydrogen) atoms. The fourth-order valence-corrected chi connectivity index (χ4v) is 4.75. The molecule has 0 radical (unpaired) electrons. The van der Waals surface area contributed by atoms with Gasteiger partial charge in [0.2, 0.25) is 0 Å². The van der Waals surface area contributed by atoms with Gasteiger partial charge in [-0.2, -0.15) is 0 Å². The molecule has 0 spiro atoms. The maximum atomic E-state index is 4.53. The minimum absolute atomic E-state index is 1.09. The number of nitrogens with zero attached hydrogens (tertiary/aromatic N) is 3. The van der Waals surface area contributed by atoms with E-state index in [2.05, 4.69) is 69.9 Å². The summed E-state index contributed by atoms with van der Waals surface area (Å²) in [4.78, 5) is 7.05. The minimum Gasteiger partial charge on any atom is -0.371 e. The molecule has 0 aromatic carbocycles. The van der Waals surface area contributed by atoms with Crippen LogP contribution in [0, 0.1) is 3.57 Å². The van der Waals surface area contributed by atoms with Crippen LogP contribution in [0.15, 0.2) is 18.5 Å². The summed E-state index contributed by atoms with van der Waals surface area (Å²) >= 11 is 4.72. The van der Waals surface area contributed by atoms with Crippen LogP contribution in [-0.4, -0.2) is 22.0 Å². The smallest absolute Gasteiger partial charge is 0.153 e. The third-order valence-corrected chi connectivity index (χ3v) is 5.88. The molecular formula is C12H13I2N3S. The topological polar surface area (TPSA) is 21.1 Å². The van der Waals surface area contributed by atoms with E-state index in [1.54, 1.807) is 9.12 Å². The van der Waals surface area contributed by atoms with E-state index in [1.165, 1.54) is 47.0 Å². The van der Waals surface area contributed by atoms with Crippen LogP contribution < -0.4 is 4.90 Å². The van der Waals surface area contributed by atoms with Crippen LogP contribution in [0.4, 0.5) is 5.69 Å². The highest BCUT2D eigenvalue weighted by molar-refractivity contribution is 14.2. The van der Waals surface area contributed by atoms with Crippen LogP contribution in [0.3, 0.4) is 0 Å². The van der Waals surface area contributed by atoms with Crippen molar-refractivity contribution in [1.29, 1.82) is 0 Å². The predicted molar refractivity (Wildman–Crippen MR) is 95.5 cm³/mol. The Labute approximate surface area is 137 Å². The molecule has 2 aromatic rings. The van der Waals surface area contributed by atoms with E-state index in [0.717, 1.165) is 5.65 Å². The lowest BCUT2D eigenvalue weighted by atomic mass is 10.1. The van der Waals surface area contributed by atoms with Gasteiger partial charge in [-0.25, -0.2) is 4.98 Å². The Balaban J connectivity index is 2.13. The number of aromatic nitrogens is 2. The molecule has 0 N–H and O–H groups in total. The van der Waals surface area contributed by atoms with E-state index in [0.29, 0.717) is 0 Å². The van der Waals surface area contributed by atoms with E-state index < -0.39 is 0 Å². The average Bonchev–Trinajstić information content (AvgIpc) is 2.77. The molecule has 0 bridgehead atoms. The normalized spacial score (nSPS) is 16.4. The van der Waals surface area contributed by atoms with Gasteiger partial charge in [0.15, 0.2) is 5.65 Å². The van der Waals surface area contributed by atoms with Crippen molar-refractivity contribution >= 4 is 69.6 Å². The summed E-state index contributed by atoms with van der Waals surface area (Å²) in [6, 6.07) is 2.16. The monoisotopic (exact) mass is 485 g/mol. The van der Waals surface area contributed by atoms with Gasteiger partial charge in [0, 0.05) is 59.4 Å². The van der Waals surface area contributed by atoms with Crippen LogP contribution in [0.25, 0.3) is 11.0 Å². The number of fused-ring (bicyclic) bond motifs is 1. The summed E-state index contributed by atoms with van der Waals surface area (Å²) in [6.45, 7) is 2.36. The summed E-state index contributed by atoms with van der Waals surface area (Å²) in [5, 5.41) is 1.31. The van der Waals surface area contributed by atoms with Gasteiger partial charge < -0.3 is 4.90 Å². The predicted octanol–water partition coefficient (Wildman–Crippen LogP) is 4.48. The van der Waals surface area contributed by atoms with Crippen molar-refractivity contribution in [2.24, 2.45) is 0 Å². The lowest BCUT2D eigenvalue weighted by Gasteiger charge is -2.29. The van der Waals surface area contributed by atoms with E-state index in [-0.39, 0.29) is 0 Å². The number of pyridine rings is 1. The summed E-state index contributed by atoms with van der Waals surface area (Å²) in [6.07, 6.45) is 8.09. The molecule has 0 atom stereocenters. The summed E-state index contributed by atoms with van der Waals surface area (Å²) < 4.78 is 3.44. The first-order valence-corrected chi connectivity index (χ1v) is 10.4. The van der Waals surface area contributed by atoms with Crippen molar-refractivity contribution in [2.45, 2.75) is 19.3 Å². The van der Waals surface area contributed by atoms with Crippen molar-refractivity contribution in [1.82, 2.24) is 8.96 Å². The van der Waals surface area contributed by atoms with E-state index in [9.17, 15) is 0 Å². The molecule has 1 fully saturated rings. The van der Waals surface area contributed by atoms with Gasteiger partial charge in [0.1, 0.15) is 0 Å². The first kappa shape index (κ1) is 13.3. The fourth-order valence-electron chi connectivity index (χ4n) is 2.52. The molecule has 1 aliphatic rings. The zero-order valence-electron chi connectivity index (χ0n) is 9.77. The van der Waals surface area contributed by atoms with Crippen LogP contribution in [0.1, 0.15) is 19.3 Å². The maximum absolute atomic E-state index is 4.53. The summed E-state index contributed by atoms with van der Waals surface area (Å²) in [5.41, 5.74) is 2.44. The van der Waals surface area contributed by atoms with E-state index >= 15 is 0 Å². The minimum atomic E-state index is 1.09. The van der Waals surface area contributed by atoms with Gasteiger partial charge in [0.05, 0.1) is 11.1 Å². The molecule has 3 heterocycles. The standard InChI is InChI=1S/C12H13I2N3S/c13-9-8-17(18-14)12-11(9)10(4-5-15-12)16-6-2-1-3-7-16/h4-5,8H,1-3,6-7H2. The number of anilines is 1. The third kappa shape index (κ3) is 2.35. The van der Waals surface area contributed by atoms with Crippen molar-refractivity contribution in [3.8, 4) is 0 Å². The first-order valence-electron chi connectivity index (χ1n) is 6.01. The SMILES string of the molecule is ISn1cc(I)c2c(N3CCCCC3)ccnc21. The molecule has 0 aliphatic carbocycles. The van der Waals surface area contributed by atoms with Crippen molar-refractivity contribution in [3.63, 3.8) is 0 Å². The number of halogens is 2. The second-order valence-corrected chi connectivity index (χ2v) is 7.32. The zero-order valence-corrected chi connectivity index (χ0v) is 14.9. The quantitative estimate of drug-likeness (QED) is 0.586. The molecule has 2 aromatic heterocycles. The van der Waals surface area contributed by atoms with Crippen molar-refractivity contribution < 1.29 is 0 Å². The Morgan fingerprint density at radius 1 is 1.22 bits per heavy atom. The highest BCUT2D eigenvalue weighted by Gasteiger charge is 2.18. The Morgan fingerprint density at radius 3 is 2.72 bits per heavy atom. The number of rotatable bonds is 2. The fraction of sp³-hybridized carbons (Fsp3) is 0.417. The molecule has 0 saturated carbocycles. The van der Waals surface area contributed by atoms with Crippen LogP contribution >= 0.6 is 52.9 Å². The molecule has 0 unspecified atom stereocenters. The van der Waals surface area contributed by atoms with Gasteiger partial charge in [-0.1, -0.05) is 0 Å². The van der Waals surface area contributed by atoms with Gasteiger partial charge in [-0.3, -0.25) is 3.97 Å². The number of hydrogen-bond acceptors (Lipinski definition) is 3. The average molecular weight is 485 g/mol. The largest absolute Gasteiger partial charge is 0.371 e. The molecule has 1 aliphatic heterocycles. The van der Waals surface area contributed by atoms with Gasteiger partial charge in [-0.15, -0.1) is 0 Å². The highest BCUT2D eigenvalue weighted by Crippen LogP contribution is 2.35. The molecular weight excluding hydrogens is 472 g/mol. The highest BCUT2D eigenvalue weighted by atomic mass is 127. The molecule has 96 valence electrons. The Morgan fingerprint density at radius 2 is 2.00 bits per heavy atom. The van der Waals surface area contributed by atoms with Crippen LogP contribution in [0.2, 0.25) is 0 Å². The van der Waals surface area contributed by atoms with Crippen molar-refractivity contribution in [2.75, 3.05) is 18.0 Å². The summed E-state index contributed by atoms with van der Waals surface area (Å²) in [5.74, 6) is 0. The summed E-state index contributed by atoms with van der Waals surface area (Å²) in [7, 11) is 1.68. The van der Waals surface area contributed by atoms with Crippen molar-refractivity contribution in [3.05, 3.63) is 22.0 Å². The van der Waals surface area contributed by atoms with Gasteiger partial charge >= 0.3 is 0 Å². The van der Waals surface area contributed by atoms with Gasteiger partial charge in [0.25, 0.3) is 0 Å². The first-order chi connectivity index (χ1) is 8.81. The zero-order chi connectivity index (χ0) is 12.5. The maximum Gasteiger partial charge on any atom is 0.153 e. The molecule has 3 rings (SSSR count). The molecule has 6 heteroatoms. The Bertz CT molecular complexity index is 564. The third-order valence-electron chi connectivity index (χ3n) is 3.36. The second-order valence-electron chi connectivity index (χ2n) is 4.45. The Hall–Kier alpha value is 0.300. The van der Waals surface area contributed by atoms with Gasteiger partial charge in [-0.05, 0) is 47.9 Å². The molecule has 0 amide bonds. The molecule has 3 nitrogen and oxygen atoms in total. The van der Waals surface area contributed by atoms with Crippen LogP contribution in [0.5, 0.6) is 0 Å². The molecule has 1 saturated heterocycles. The number of hydrogen-bond donors (Lipinski definition) is 0. The van der Waals surface area contributed by atoms with E-state index in [1.807, 2.05) is 6.20 Å². The van der Waals surface area contributed by atoms with E-state index in [4.69, 9.17) is 0 Å².